The third-order valence-corrected chi connectivity index (χ3v) is 7.97. The molecule has 2 aliphatic rings. The van der Waals surface area contributed by atoms with Crippen molar-refractivity contribution in [1.82, 2.24) is 25.5 Å². The van der Waals surface area contributed by atoms with Crippen LogP contribution in [0.15, 0.2) is 47.7 Å². The molecule has 16 heteroatoms. The maximum atomic E-state index is 14.3. The molecule has 0 radical (unpaired) electrons. The number of likely N-dealkylation sites (tertiary alicyclic amines) is 1. The van der Waals surface area contributed by atoms with Crippen LogP contribution in [0, 0.1) is 11.2 Å². The minimum absolute atomic E-state index is 0.0285. The first-order chi connectivity index (χ1) is 21.5. The standard InChI is InChI=1S/C30H34F4N6O6/c1-28(2,37-27(45)46)25(43)36-22(9-7-18-6-8-19(15-41)21(31)13-18)24(42)39-12-10-23-29(16-39,14-20-5-3-4-11-35-20)26(44)40(38-23)17-30(32,33)34/h3-6,8,11,13,22,37,41H,7,9-10,12,14-17H2,1-2H3,(H,36,43)(H,45,46)/t22?,29-/m1/s1. The Hall–Kier alpha value is -4.60. The highest BCUT2D eigenvalue weighted by Gasteiger charge is 2.56. The number of carbonyl (C=O) groups is 4. The van der Waals surface area contributed by atoms with Gasteiger partial charge in [-0.25, -0.2) is 14.2 Å². The number of nitrogens with zero attached hydrogens (tertiary/aromatic N) is 4. The molecule has 1 fully saturated rings. The van der Waals surface area contributed by atoms with Crippen LogP contribution in [0.25, 0.3) is 0 Å². The molecule has 0 saturated carbocycles. The monoisotopic (exact) mass is 650 g/mol. The maximum Gasteiger partial charge on any atom is 0.408 e. The molecule has 248 valence electrons. The highest BCUT2D eigenvalue weighted by atomic mass is 19.4. The average Bonchev–Trinajstić information content (AvgIpc) is 3.23. The van der Waals surface area contributed by atoms with E-state index < -0.39 is 66.0 Å². The molecule has 12 nitrogen and oxygen atoms in total. The predicted molar refractivity (Wildman–Crippen MR) is 155 cm³/mol. The van der Waals surface area contributed by atoms with Crippen molar-refractivity contribution in [2.24, 2.45) is 10.5 Å². The fourth-order valence-corrected chi connectivity index (χ4v) is 5.59. The number of aryl methyl sites for hydroxylation is 1. The number of aromatic nitrogens is 1. The van der Waals surface area contributed by atoms with Gasteiger partial charge in [0.15, 0.2) is 0 Å². The van der Waals surface area contributed by atoms with Crippen molar-refractivity contribution in [3.63, 3.8) is 0 Å². The van der Waals surface area contributed by atoms with Gasteiger partial charge in [-0.05, 0) is 50.5 Å². The molecule has 4 rings (SSSR count). The summed E-state index contributed by atoms with van der Waals surface area (Å²) in [5.41, 5.74) is -2.22. The van der Waals surface area contributed by atoms with E-state index in [1.807, 2.05) is 0 Å². The molecule has 0 aliphatic carbocycles. The van der Waals surface area contributed by atoms with Gasteiger partial charge in [-0.1, -0.05) is 18.2 Å². The number of hydrogen-bond acceptors (Lipinski definition) is 7. The molecular formula is C30H34F4N6O6. The number of fused-ring (bicyclic) bond motifs is 1. The molecule has 2 aromatic rings. The lowest BCUT2D eigenvalue weighted by Gasteiger charge is -2.41. The SMILES string of the molecule is CC(C)(NC(=O)O)C(=O)NC(CCc1ccc(CO)c(F)c1)C(=O)N1CCC2=NN(CC(F)(F)F)C(=O)[C@]2(Cc2ccccn2)C1. The maximum absolute atomic E-state index is 14.3. The Morgan fingerprint density at radius 2 is 1.89 bits per heavy atom. The van der Waals surface area contributed by atoms with Gasteiger partial charge in [-0.2, -0.15) is 18.3 Å². The van der Waals surface area contributed by atoms with Gasteiger partial charge in [0, 0.05) is 43.4 Å². The van der Waals surface area contributed by atoms with E-state index in [1.165, 1.54) is 37.1 Å². The Morgan fingerprint density at radius 3 is 2.50 bits per heavy atom. The van der Waals surface area contributed by atoms with Crippen molar-refractivity contribution >= 4 is 29.5 Å². The molecule has 0 spiro atoms. The first-order valence-electron chi connectivity index (χ1n) is 14.4. The number of alkyl halides is 3. The van der Waals surface area contributed by atoms with Crippen LogP contribution in [0.4, 0.5) is 22.4 Å². The smallest absolute Gasteiger partial charge is 0.408 e. The molecule has 1 aromatic heterocycles. The van der Waals surface area contributed by atoms with Gasteiger partial charge in [0.2, 0.25) is 11.8 Å². The Labute approximate surface area is 261 Å². The molecule has 1 saturated heterocycles. The molecule has 1 unspecified atom stereocenters. The second-order valence-electron chi connectivity index (χ2n) is 11.8. The summed E-state index contributed by atoms with van der Waals surface area (Å²) in [4.78, 5) is 57.7. The lowest BCUT2D eigenvalue weighted by atomic mass is 9.74. The number of halogens is 4. The van der Waals surface area contributed by atoms with Crippen LogP contribution in [0.2, 0.25) is 0 Å². The Bertz CT molecular complexity index is 1520. The molecule has 1 aromatic carbocycles. The lowest BCUT2D eigenvalue weighted by Crippen LogP contribution is -2.62. The van der Waals surface area contributed by atoms with Crippen LogP contribution in [0.1, 0.15) is 43.5 Å². The zero-order valence-electron chi connectivity index (χ0n) is 25.1. The molecule has 0 bridgehead atoms. The summed E-state index contributed by atoms with van der Waals surface area (Å²) in [5.74, 6) is -3.12. The summed E-state index contributed by atoms with van der Waals surface area (Å²) < 4.78 is 54.4. The summed E-state index contributed by atoms with van der Waals surface area (Å²) in [6.45, 7) is 0.0741. The molecule has 2 aliphatic heterocycles. The van der Waals surface area contributed by atoms with Crippen molar-refractivity contribution in [1.29, 1.82) is 0 Å². The fourth-order valence-electron chi connectivity index (χ4n) is 5.59. The number of nitrogens with one attached hydrogen (secondary N) is 2. The number of piperidine rings is 1. The van der Waals surface area contributed by atoms with E-state index in [2.05, 4.69) is 20.7 Å². The highest BCUT2D eigenvalue weighted by Crippen LogP contribution is 2.39. The number of aliphatic hydroxyl groups is 1. The lowest BCUT2D eigenvalue weighted by molar-refractivity contribution is -0.164. The van der Waals surface area contributed by atoms with E-state index in [-0.39, 0.29) is 50.0 Å². The van der Waals surface area contributed by atoms with E-state index in [0.717, 1.165) is 0 Å². The first-order valence-corrected chi connectivity index (χ1v) is 14.4. The number of amides is 4. The number of carbonyl (C=O) groups excluding carboxylic acids is 3. The number of hydrogen-bond donors (Lipinski definition) is 4. The number of aliphatic hydroxyl groups excluding tert-OH is 1. The molecule has 46 heavy (non-hydrogen) atoms. The van der Waals surface area contributed by atoms with E-state index >= 15 is 0 Å². The third-order valence-electron chi connectivity index (χ3n) is 7.97. The van der Waals surface area contributed by atoms with Crippen molar-refractivity contribution < 1.29 is 47.0 Å². The number of carboxylic acid groups (broad SMARTS) is 1. The van der Waals surface area contributed by atoms with Crippen LogP contribution in [-0.2, 0) is 33.8 Å². The summed E-state index contributed by atoms with van der Waals surface area (Å²) in [7, 11) is 0. The van der Waals surface area contributed by atoms with Gasteiger partial charge in [-0.15, -0.1) is 0 Å². The minimum atomic E-state index is -4.73. The van der Waals surface area contributed by atoms with Crippen molar-refractivity contribution in [3.8, 4) is 0 Å². The average molecular weight is 651 g/mol. The summed E-state index contributed by atoms with van der Waals surface area (Å²) >= 11 is 0. The topological polar surface area (TPSA) is 165 Å². The van der Waals surface area contributed by atoms with E-state index in [9.17, 15) is 47.0 Å². The molecule has 3 heterocycles. The van der Waals surface area contributed by atoms with Crippen molar-refractivity contribution in [3.05, 3.63) is 65.2 Å². The first kappa shape index (κ1) is 34.3. The van der Waals surface area contributed by atoms with Gasteiger partial charge in [0.25, 0.3) is 5.91 Å². The highest BCUT2D eigenvalue weighted by molar-refractivity contribution is 6.14. The third kappa shape index (κ3) is 7.78. The van der Waals surface area contributed by atoms with Gasteiger partial charge in [0.1, 0.15) is 29.4 Å². The van der Waals surface area contributed by atoms with Gasteiger partial charge >= 0.3 is 12.3 Å². The molecular weight excluding hydrogens is 616 g/mol. The molecule has 2 atom stereocenters. The van der Waals surface area contributed by atoms with Crippen LogP contribution in [0.3, 0.4) is 0 Å². The number of pyridine rings is 1. The second kappa shape index (κ2) is 13.4. The Balaban J connectivity index is 1.64. The predicted octanol–water partition coefficient (Wildman–Crippen LogP) is 2.40. The van der Waals surface area contributed by atoms with Crippen LogP contribution >= 0.6 is 0 Å². The van der Waals surface area contributed by atoms with Crippen LogP contribution in [-0.4, -0.2) is 92.0 Å². The number of benzene rings is 1. The minimum Gasteiger partial charge on any atom is -0.465 e. The summed E-state index contributed by atoms with van der Waals surface area (Å²) in [6, 6.07) is 7.71. The van der Waals surface area contributed by atoms with Gasteiger partial charge < -0.3 is 25.7 Å². The Kier molecular flexibility index (Phi) is 9.99. The molecule has 4 N–H and O–H groups in total. The second-order valence-corrected chi connectivity index (χ2v) is 11.8. The largest absolute Gasteiger partial charge is 0.465 e. The van der Waals surface area contributed by atoms with E-state index in [0.29, 0.717) is 16.3 Å². The number of rotatable bonds is 11. The summed E-state index contributed by atoms with van der Waals surface area (Å²) in [6.07, 6.45) is -4.91. The van der Waals surface area contributed by atoms with E-state index in [1.54, 1.807) is 24.3 Å². The van der Waals surface area contributed by atoms with Crippen LogP contribution in [0.5, 0.6) is 0 Å². The van der Waals surface area contributed by atoms with Crippen molar-refractivity contribution in [2.45, 2.75) is 63.9 Å². The summed E-state index contributed by atoms with van der Waals surface area (Å²) in [5, 5.41) is 27.5. The van der Waals surface area contributed by atoms with Crippen molar-refractivity contribution in [2.75, 3.05) is 19.6 Å². The van der Waals surface area contributed by atoms with Gasteiger partial charge in [0.05, 0.1) is 12.3 Å². The molecule has 4 amide bonds. The van der Waals surface area contributed by atoms with Crippen LogP contribution < -0.4 is 10.6 Å². The zero-order valence-corrected chi connectivity index (χ0v) is 25.1. The Morgan fingerprint density at radius 1 is 1.15 bits per heavy atom. The zero-order chi connectivity index (χ0) is 33.9. The number of hydrazone groups is 1. The van der Waals surface area contributed by atoms with E-state index in [4.69, 9.17) is 0 Å². The van der Waals surface area contributed by atoms with Gasteiger partial charge in [-0.3, -0.25) is 19.4 Å². The normalized spacial score (nSPS) is 18.9. The quantitative estimate of drug-likeness (QED) is 0.271. The fraction of sp³-hybridized carbons (Fsp3) is 0.467.